The van der Waals surface area contributed by atoms with Gasteiger partial charge in [0.15, 0.2) is 0 Å². The summed E-state index contributed by atoms with van der Waals surface area (Å²) in [6.07, 6.45) is 0. The van der Waals surface area contributed by atoms with Gasteiger partial charge in [-0.25, -0.2) is 0 Å². The van der Waals surface area contributed by atoms with Crippen molar-refractivity contribution in [2.45, 2.75) is 62.3 Å². The summed E-state index contributed by atoms with van der Waals surface area (Å²) in [6, 6.07) is 6.31. The van der Waals surface area contributed by atoms with Gasteiger partial charge in [0.25, 0.3) is 20.4 Å². The Labute approximate surface area is 168 Å². The second-order valence-corrected chi connectivity index (χ2v) is 7.09. The van der Waals surface area contributed by atoms with Crippen molar-refractivity contribution in [3.8, 4) is 18.2 Å². The third kappa shape index (κ3) is 175. The molecule has 25 heavy (non-hydrogen) atoms. The maximum absolute atomic E-state index is 8.15. The fraction of sp³-hybridized carbons (Fsp3) is 0.667. The molecular formula is C18H27N3O3W. The Morgan fingerprint density at radius 3 is 0.520 bits per heavy atom. The first-order valence-electron chi connectivity index (χ1n) is 6.53. The first-order valence-corrected chi connectivity index (χ1v) is 6.53. The van der Waals surface area contributed by atoms with Crippen LogP contribution in [0.5, 0.6) is 0 Å². The molecule has 0 rings (SSSR count). The minimum absolute atomic E-state index is 0. The number of nitrogens with zero attached hydrogens (tertiary/aromatic N) is 3. The normalized spacial score (nSPS) is 7.92. The van der Waals surface area contributed by atoms with Crippen LogP contribution in [0.1, 0.15) is 62.3 Å². The number of rotatable bonds is 0. The van der Waals surface area contributed by atoms with Crippen LogP contribution in [0.3, 0.4) is 0 Å². The van der Waals surface area contributed by atoms with Crippen LogP contribution in [-0.4, -0.2) is 20.4 Å². The Hall–Kier alpha value is -1.83. The number of carbonyl (C=O) groups excluding carboxylic acids is 3. The maximum atomic E-state index is 8.15. The van der Waals surface area contributed by atoms with Crippen molar-refractivity contribution in [3.05, 3.63) is 0 Å². The smallest absolute Gasteiger partial charge is 0.281 e. The van der Waals surface area contributed by atoms with Gasteiger partial charge in [0, 0.05) is 37.3 Å². The minimum Gasteiger partial charge on any atom is -0.281 e. The van der Waals surface area contributed by atoms with Gasteiger partial charge in [0.1, 0.15) is 0 Å². The average molecular weight is 517 g/mol. The van der Waals surface area contributed by atoms with E-state index in [1.165, 1.54) is 0 Å². The molecule has 6 nitrogen and oxygen atoms in total. The average Bonchev–Trinajstić information content (AvgIpc) is 2.52. The molecule has 0 aromatic carbocycles. The van der Waals surface area contributed by atoms with Crippen molar-refractivity contribution >= 4 is 20.4 Å². The SMILES string of the molecule is CC(C)(C)C#N.CC(C)(C)C#N.CC(C)(C)C#N.[C]=O.[C]=O.[C]=O.[W]. The first kappa shape index (κ1) is 43.6. The molecule has 6 radical (unpaired) electrons. The summed E-state index contributed by atoms with van der Waals surface area (Å²) in [7, 11) is 0. The number of nitriles is 3. The van der Waals surface area contributed by atoms with E-state index in [1.807, 2.05) is 62.3 Å². The van der Waals surface area contributed by atoms with Gasteiger partial charge in [-0.1, -0.05) is 0 Å². The number of hydrogen-bond donors (Lipinski definition) is 0. The van der Waals surface area contributed by atoms with Crippen LogP contribution in [0.15, 0.2) is 0 Å². The summed E-state index contributed by atoms with van der Waals surface area (Å²) in [5, 5.41) is 24.5. The number of hydrogen-bond acceptors (Lipinski definition) is 6. The van der Waals surface area contributed by atoms with E-state index in [1.54, 1.807) is 0 Å². The van der Waals surface area contributed by atoms with E-state index in [2.05, 4.69) is 38.6 Å². The Morgan fingerprint density at radius 2 is 0.520 bits per heavy atom. The zero-order valence-electron chi connectivity index (χ0n) is 16.5. The maximum Gasteiger partial charge on any atom is 0.281 e. The van der Waals surface area contributed by atoms with Crippen LogP contribution >= 0.6 is 0 Å². The standard InChI is InChI=1S/3C5H9N.3CO.W/c3*1-5(2,3)4-6;3*1-2;/h3*1-3H3;;;;. The third-order valence-corrected chi connectivity index (χ3v) is 1.01. The van der Waals surface area contributed by atoms with Gasteiger partial charge in [-0.2, -0.15) is 15.8 Å². The van der Waals surface area contributed by atoms with Gasteiger partial charge in [0.05, 0.1) is 18.2 Å². The summed E-state index contributed by atoms with van der Waals surface area (Å²) in [6.45, 7) is 30.4. The molecule has 0 saturated heterocycles. The van der Waals surface area contributed by atoms with Crippen molar-refractivity contribution in [2.75, 3.05) is 0 Å². The second kappa shape index (κ2) is 27.0. The predicted octanol–water partition coefficient (Wildman–Crippen LogP) is 3.47. The molecule has 7 heteroatoms. The predicted molar refractivity (Wildman–Crippen MR) is 92.3 cm³/mol. The molecule has 0 heterocycles. The van der Waals surface area contributed by atoms with Gasteiger partial charge in [-0.05, 0) is 62.3 Å². The van der Waals surface area contributed by atoms with Crippen LogP contribution in [0.2, 0.25) is 0 Å². The van der Waals surface area contributed by atoms with E-state index in [9.17, 15) is 0 Å². The van der Waals surface area contributed by atoms with Crippen LogP contribution in [0, 0.1) is 50.2 Å². The third-order valence-electron chi connectivity index (χ3n) is 1.01. The van der Waals surface area contributed by atoms with Crippen LogP contribution in [0.4, 0.5) is 0 Å². The molecule has 0 aliphatic rings. The monoisotopic (exact) mass is 517 g/mol. The van der Waals surface area contributed by atoms with E-state index in [0.717, 1.165) is 0 Å². The Balaban J connectivity index is -0.0000000331. The Kier molecular flexibility index (Phi) is 47.1. The van der Waals surface area contributed by atoms with Crippen molar-refractivity contribution in [2.24, 2.45) is 16.2 Å². The fourth-order valence-electron chi connectivity index (χ4n) is 0. The molecule has 0 N–H and O–H groups in total. The van der Waals surface area contributed by atoms with E-state index in [-0.39, 0.29) is 37.3 Å². The molecule has 138 valence electrons. The summed E-state index contributed by atoms with van der Waals surface area (Å²) in [5.74, 6) is 0. The molecule has 0 amide bonds. The molecule has 0 bridgehead atoms. The van der Waals surface area contributed by atoms with Crippen molar-refractivity contribution in [1.82, 2.24) is 0 Å². The quantitative estimate of drug-likeness (QED) is 0.485. The molecule has 0 aliphatic carbocycles. The van der Waals surface area contributed by atoms with Crippen molar-refractivity contribution in [1.29, 1.82) is 15.8 Å². The van der Waals surface area contributed by atoms with Crippen LogP contribution < -0.4 is 0 Å². The van der Waals surface area contributed by atoms with Gasteiger partial charge in [-0.15, -0.1) is 0 Å². The van der Waals surface area contributed by atoms with Gasteiger partial charge < -0.3 is 0 Å². The molecule has 0 aliphatic heterocycles. The fourth-order valence-corrected chi connectivity index (χ4v) is 0. The Morgan fingerprint density at radius 1 is 0.480 bits per heavy atom. The molecule has 0 aromatic heterocycles. The molecule has 0 aromatic rings. The van der Waals surface area contributed by atoms with Crippen LogP contribution in [0.25, 0.3) is 0 Å². The van der Waals surface area contributed by atoms with Crippen molar-refractivity contribution < 1.29 is 35.4 Å². The largest absolute Gasteiger partial charge is 0.281 e. The summed E-state index contributed by atoms with van der Waals surface area (Å²) >= 11 is 0. The molecule has 0 unspecified atom stereocenters. The van der Waals surface area contributed by atoms with E-state index in [0.29, 0.717) is 0 Å². The van der Waals surface area contributed by atoms with E-state index >= 15 is 0 Å². The zero-order chi connectivity index (χ0) is 21.6. The minimum atomic E-state index is -0.153. The van der Waals surface area contributed by atoms with Crippen LogP contribution in [-0.2, 0) is 35.4 Å². The van der Waals surface area contributed by atoms with Gasteiger partial charge in [-0.3, -0.25) is 14.4 Å². The molecular weight excluding hydrogens is 490 g/mol. The molecule has 0 atom stereocenters. The van der Waals surface area contributed by atoms with Crippen molar-refractivity contribution in [3.63, 3.8) is 0 Å². The van der Waals surface area contributed by atoms with E-state index < -0.39 is 0 Å². The second-order valence-electron chi connectivity index (χ2n) is 7.09. The first-order chi connectivity index (χ1) is 10.7. The summed E-state index contributed by atoms with van der Waals surface area (Å²) < 4.78 is 0. The molecule has 0 saturated carbocycles. The Bertz CT molecular complexity index is 325. The molecule has 0 fully saturated rings. The summed E-state index contributed by atoms with van der Waals surface area (Å²) in [4.78, 5) is 22.5. The van der Waals surface area contributed by atoms with Gasteiger partial charge in [0.2, 0.25) is 0 Å². The summed E-state index contributed by atoms with van der Waals surface area (Å²) in [5.41, 5.74) is -0.458. The van der Waals surface area contributed by atoms with E-state index in [4.69, 9.17) is 30.2 Å². The zero-order valence-corrected chi connectivity index (χ0v) is 19.4. The van der Waals surface area contributed by atoms with Gasteiger partial charge >= 0.3 is 0 Å². The topological polar surface area (TPSA) is 123 Å². The molecule has 0 spiro atoms.